The first kappa shape index (κ1) is 27.0. The zero-order valence-electron chi connectivity index (χ0n) is 22.7. The number of aliphatic hydroxyl groups excluding tert-OH is 1. The van der Waals surface area contributed by atoms with Crippen LogP contribution in [0.3, 0.4) is 0 Å². The van der Waals surface area contributed by atoms with E-state index in [-0.39, 0.29) is 12.0 Å². The Morgan fingerprint density at radius 3 is 1.68 bits per heavy atom. The minimum absolute atomic E-state index is 0.200. The van der Waals surface area contributed by atoms with Crippen LogP contribution in [0, 0.1) is 5.92 Å². The van der Waals surface area contributed by atoms with Crippen LogP contribution in [0.2, 0.25) is 0 Å². The van der Waals surface area contributed by atoms with E-state index in [9.17, 15) is 5.11 Å². The van der Waals surface area contributed by atoms with Crippen molar-refractivity contribution in [2.75, 3.05) is 6.61 Å². The molecule has 6 rings (SSSR count). The number of hydrogen-bond acceptors (Lipinski definition) is 5. The quantitative estimate of drug-likeness (QED) is 0.186. The summed E-state index contributed by atoms with van der Waals surface area (Å²) < 4.78 is 19.8. The van der Waals surface area contributed by atoms with Gasteiger partial charge < -0.3 is 19.3 Å². The predicted molar refractivity (Wildman–Crippen MR) is 159 cm³/mol. The summed E-state index contributed by atoms with van der Waals surface area (Å²) in [7, 11) is 0. The molecule has 1 aliphatic carbocycles. The molecule has 0 unspecified atom stereocenters. The maximum Gasteiger partial charge on any atom is 0.163 e. The third-order valence-electron chi connectivity index (χ3n) is 7.74. The topological polar surface area (TPSA) is 47.9 Å². The van der Waals surface area contributed by atoms with E-state index in [4.69, 9.17) is 14.2 Å². The van der Waals surface area contributed by atoms with Crippen molar-refractivity contribution < 1.29 is 19.3 Å². The second kappa shape index (κ2) is 11.4. The third-order valence-corrected chi connectivity index (χ3v) is 8.67. The largest absolute Gasteiger partial charge is 0.386 e. The highest BCUT2D eigenvalue weighted by molar-refractivity contribution is 8.02. The van der Waals surface area contributed by atoms with E-state index in [0.717, 1.165) is 27.2 Å². The van der Waals surface area contributed by atoms with Crippen molar-refractivity contribution in [3.05, 3.63) is 149 Å². The molecule has 4 nitrogen and oxygen atoms in total. The molecule has 1 N–H and O–H groups in total. The minimum atomic E-state index is -0.862. The molecular formula is C35H34O4S. The summed E-state index contributed by atoms with van der Waals surface area (Å²) in [6, 6.07) is 41.2. The average Bonchev–Trinajstić information content (AvgIpc) is 3.44. The summed E-state index contributed by atoms with van der Waals surface area (Å²) in [6.07, 6.45) is -1.56. The number of aliphatic hydroxyl groups is 1. The highest BCUT2D eigenvalue weighted by Gasteiger charge is 2.56. The number of benzene rings is 4. The molecule has 0 amide bonds. The Morgan fingerprint density at radius 1 is 0.725 bits per heavy atom. The van der Waals surface area contributed by atoms with Crippen molar-refractivity contribution in [2.45, 2.75) is 48.4 Å². The van der Waals surface area contributed by atoms with Gasteiger partial charge in [0.05, 0.1) is 12.7 Å². The molecule has 204 valence electrons. The molecule has 2 fully saturated rings. The highest BCUT2D eigenvalue weighted by Crippen LogP contribution is 2.48. The minimum Gasteiger partial charge on any atom is -0.386 e. The van der Waals surface area contributed by atoms with Crippen molar-refractivity contribution in [3.8, 4) is 0 Å². The smallest absolute Gasteiger partial charge is 0.163 e. The SMILES string of the molecule is CC1(C)O[C@@H]2[C@H](O1)[C@@H](COC(c1ccccc1)(c1ccccc1)c1ccccc1)/C(=C/Sc1ccccc1)[C@@H]2O. The Balaban J connectivity index is 1.42. The second-order valence-corrected chi connectivity index (χ2v) is 11.7. The average molecular weight is 551 g/mol. The summed E-state index contributed by atoms with van der Waals surface area (Å²) in [6.45, 7) is 4.14. The summed E-state index contributed by atoms with van der Waals surface area (Å²) in [4.78, 5) is 1.10. The summed E-state index contributed by atoms with van der Waals surface area (Å²) in [5.74, 6) is -0.976. The highest BCUT2D eigenvalue weighted by atomic mass is 32.2. The molecule has 4 aromatic carbocycles. The first-order valence-corrected chi connectivity index (χ1v) is 14.6. The summed E-state index contributed by atoms with van der Waals surface area (Å²) in [5.41, 5.74) is 3.13. The predicted octanol–water partition coefficient (Wildman–Crippen LogP) is 7.18. The molecule has 0 aromatic heterocycles. The van der Waals surface area contributed by atoms with Gasteiger partial charge in [0.25, 0.3) is 0 Å². The van der Waals surface area contributed by atoms with E-state index < -0.39 is 23.6 Å². The first-order chi connectivity index (χ1) is 19.5. The molecule has 1 heterocycles. The first-order valence-electron chi connectivity index (χ1n) is 13.7. The number of hydrogen-bond donors (Lipinski definition) is 1. The monoisotopic (exact) mass is 550 g/mol. The maximum absolute atomic E-state index is 11.5. The normalized spacial score (nSPS) is 24.7. The van der Waals surface area contributed by atoms with E-state index >= 15 is 0 Å². The van der Waals surface area contributed by atoms with Crippen molar-refractivity contribution in [3.63, 3.8) is 0 Å². The van der Waals surface area contributed by atoms with Gasteiger partial charge in [-0.05, 0) is 53.7 Å². The molecule has 1 saturated heterocycles. The van der Waals surface area contributed by atoms with Crippen LogP contribution >= 0.6 is 11.8 Å². The molecule has 5 heteroatoms. The van der Waals surface area contributed by atoms with Crippen LogP contribution < -0.4 is 0 Å². The molecule has 0 spiro atoms. The molecule has 4 aromatic rings. The van der Waals surface area contributed by atoms with E-state index in [1.165, 1.54) is 0 Å². The van der Waals surface area contributed by atoms with E-state index in [1.807, 2.05) is 86.6 Å². The lowest BCUT2D eigenvalue weighted by molar-refractivity contribution is -0.163. The van der Waals surface area contributed by atoms with E-state index in [1.54, 1.807) is 11.8 Å². The summed E-state index contributed by atoms with van der Waals surface area (Å²) in [5, 5.41) is 13.5. The van der Waals surface area contributed by atoms with Crippen LogP contribution in [0.25, 0.3) is 0 Å². The lowest BCUT2D eigenvalue weighted by atomic mass is 9.80. The molecule has 1 aliphatic heterocycles. The number of ether oxygens (including phenoxy) is 3. The molecule has 2 aliphatic rings. The molecule has 0 bridgehead atoms. The molecule has 0 radical (unpaired) electrons. The molecule has 4 atom stereocenters. The van der Waals surface area contributed by atoms with Gasteiger partial charge in [-0.2, -0.15) is 0 Å². The van der Waals surface area contributed by atoms with Gasteiger partial charge in [0.1, 0.15) is 17.8 Å². The number of fused-ring (bicyclic) bond motifs is 1. The van der Waals surface area contributed by atoms with E-state index in [2.05, 4.69) is 53.9 Å². The van der Waals surface area contributed by atoms with Crippen molar-refractivity contribution in [1.82, 2.24) is 0 Å². The van der Waals surface area contributed by atoms with Gasteiger partial charge in [-0.1, -0.05) is 121 Å². The molecule has 40 heavy (non-hydrogen) atoms. The molecule has 1 saturated carbocycles. The summed E-state index contributed by atoms with van der Waals surface area (Å²) >= 11 is 1.60. The zero-order chi connectivity index (χ0) is 27.6. The van der Waals surface area contributed by atoms with Gasteiger partial charge in [-0.15, -0.1) is 0 Å². The standard InChI is InChI=1S/C35H34O4S/c1-34(2)38-32-29(30(31(36)33(32)39-34)24-40-28-21-13-6-14-22-28)23-37-35(25-15-7-3-8-16-25,26-17-9-4-10-18-26)27-19-11-5-12-20-27/h3-22,24,29,31-33,36H,23H2,1-2H3/b30-24-/t29-,31-,32+,33-/m0/s1. The number of rotatable bonds is 8. The third kappa shape index (κ3) is 5.16. The number of thioether (sulfide) groups is 1. The lowest BCUT2D eigenvalue weighted by Gasteiger charge is -2.37. The Bertz CT molecular complexity index is 1330. The second-order valence-electron chi connectivity index (χ2n) is 10.8. The van der Waals surface area contributed by atoms with Gasteiger partial charge >= 0.3 is 0 Å². The van der Waals surface area contributed by atoms with Gasteiger partial charge in [0.2, 0.25) is 0 Å². The van der Waals surface area contributed by atoms with Crippen LogP contribution in [0.5, 0.6) is 0 Å². The Hall–Kier alpha value is -3.19. The van der Waals surface area contributed by atoms with Crippen molar-refractivity contribution >= 4 is 11.8 Å². The fourth-order valence-corrected chi connectivity index (χ4v) is 6.84. The van der Waals surface area contributed by atoms with Crippen LogP contribution in [0.4, 0.5) is 0 Å². The lowest BCUT2D eigenvalue weighted by Crippen LogP contribution is -2.37. The Kier molecular flexibility index (Phi) is 7.67. The fraction of sp³-hybridized carbons (Fsp3) is 0.257. The Morgan fingerprint density at radius 2 is 1.18 bits per heavy atom. The van der Waals surface area contributed by atoms with Crippen molar-refractivity contribution in [2.24, 2.45) is 5.92 Å². The maximum atomic E-state index is 11.5. The van der Waals surface area contributed by atoms with Gasteiger partial charge in [-0.25, -0.2) is 0 Å². The van der Waals surface area contributed by atoms with Gasteiger partial charge in [0, 0.05) is 10.8 Å². The van der Waals surface area contributed by atoms with Gasteiger partial charge in [-0.3, -0.25) is 0 Å². The van der Waals surface area contributed by atoms with Crippen LogP contribution in [0.1, 0.15) is 30.5 Å². The molecular weight excluding hydrogens is 516 g/mol. The fourth-order valence-electron chi connectivity index (χ4n) is 5.94. The van der Waals surface area contributed by atoms with Gasteiger partial charge in [0.15, 0.2) is 5.79 Å². The Labute approximate surface area is 240 Å². The van der Waals surface area contributed by atoms with Crippen LogP contribution in [-0.4, -0.2) is 35.8 Å². The zero-order valence-corrected chi connectivity index (χ0v) is 23.5. The van der Waals surface area contributed by atoms with Crippen LogP contribution in [-0.2, 0) is 19.8 Å². The van der Waals surface area contributed by atoms with Crippen LogP contribution in [0.15, 0.2) is 137 Å². The van der Waals surface area contributed by atoms with Crippen molar-refractivity contribution in [1.29, 1.82) is 0 Å². The van der Waals surface area contributed by atoms with E-state index in [0.29, 0.717) is 6.61 Å².